The Kier molecular flexibility index (Phi) is 4.45. The van der Waals surface area contributed by atoms with E-state index in [-0.39, 0.29) is 11.3 Å². The summed E-state index contributed by atoms with van der Waals surface area (Å²) in [6, 6.07) is 5.62. The lowest BCUT2D eigenvalue weighted by Crippen LogP contribution is -2.21. The molecule has 0 atom stereocenters. The van der Waals surface area contributed by atoms with E-state index >= 15 is 0 Å². The van der Waals surface area contributed by atoms with Gasteiger partial charge in [-0.2, -0.15) is 5.10 Å². The highest BCUT2D eigenvalue weighted by Gasteiger charge is 2.15. The highest BCUT2D eigenvalue weighted by atomic mass is 16.6. The molecule has 0 aliphatic heterocycles. The van der Waals surface area contributed by atoms with E-state index in [1.54, 1.807) is 0 Å². The third-order valence-electron chi connectivity index (χ3n) is 3.49. The molecule has 0 bridgehead atoms. The van der Waals surface area contributed by atoms with Gasteiger partial charge in [0.05, 0.1) is 4.92 Å². The van der Waals surface area contributed by atoms with Gasteiger partial charge in [-0.1, -0.05) is 13.0 Å². The minimum Gasteiger partial charge on any atom is -0.267 e. The number of nitro groups is 1. The molecule has 0 saturated heterocycles. The molecule has 1 aliphatic rings. The molecule has 1 aromatic carbocycles. The number of carbonyl (C=O) groups excluding carboxylic acids is 1. The summed E-state index contributed by atoms with van der Waals surface area (Å²) in [7, 11) is 0. The van der Waals surface area contributed by atoms with Gasteiger partial charge in [0.1, 0.15) is 0 Å². The van der Waals surface area contributed by atoms with E-state index in [9.17, 15) is 14.9 Å². The molecular formula is C14H17N3O3. The molecule has 6 heteroatoms. The van der Waals surface area contributed by atoms with Gasteiger partial charge in [0.15, 0.2) is 0 Å². The number of nitro benzene ring substituents is 1. The van der Waals surface area contributed by atoms with Crippen molar-refractivity contribution >= 4 is 17.3 Å². The van der Waals surface area contributed by atoms with E-state index in [0.717, 1.165) is 31.4 Å². The Morgan fingerprint density at radius 2 is 2.10 bits per heavy atom. The van der Waals surface area contributed by atoms with Crippen molar-refractivity contribution in [2.45, 2.75) is 32.6 Å². The smallest absolute Gasteiger partial charge is 0.267 e. The summed E-state index contributed by atoms with van der Waals surface area (Å²) in [6.45, 7) is 2.21. The zero-order valence-electron chi connectivity index (χ0n) is 11.3. The van der Waals surface area contributed by atoms with Crippen LogP contribution in [0.25, 0.3) is 0 Å². The molecule has 6 nitrogen and oxygen atoms in total. The number of nitrogens with one attached hydrogen (secondary N) is 1. The SMILES string of the molecule is CC1CCC(=NNC(=O)c2cccc([N+](=O)[O-])c2)CC1. The Morgan fingerprint density at radius 1 is 1.40 bits per heavy atom. The Balaban J connectivity index is 2.00. The van der Waals surface area contributed by atoms with Gasteiger partial charge in [0.25, 0.3) is 11.6 Å². The molecule has 0 unspecified atom stereocenters. The van der Waals surface area contributed by atoms with Gasteiger partial charge >= 0.3 is 0 Å². The van der Waals surface area contributed by atoms with Crippen molar-refractivity contribution in [3.63, 3.8) is 0 Å². The first-order valence-corrected chi connectivity index (χ1v) is 6.66. The van der Waals surface area contributed by atoms with Crippen LogP contribution in [0.2, 0.25) is 0 Å². The van der Waals surface area contributed by atoms with Gasteiger partial charge in [-0.05, 0) is 37.7 Å². The molecule has 2 rings (SSSR count). The van der Waals surface area contributed by atoms with Crippen LogP contribution in [0.3, 0.4) is 0 Å². The third kappa shape index (κ3) is 3.63. The Bertz CT molecular complexity index is 544. The van der Waals surface area contributed by atoms with Crippen molar-refractivity contribution in [1.29, 1.82) is 0 Å². The first-order valence-electron chi connectivity index (χ1n) is 6.66. The Labute approximate surface area is 117 Å². The van der Waals surface area contributed by atoms with E-state index in [0.29, 0.717) is 5.92 Å². The predicted octanol–water partition coefficient (Wildman–Crippen LogP) is 2.89. The molecule has 0 spiro atoms. The van der Waals surface area contributed by atoms with Crippen molar-refractivity contribution in [3.8, 4) is 0 Å². The van der Waals surface area contributed by atoms with Gasteiger partial charge in [0, 0.05) is 23.4 Å². The fourth-order valence-electron chi connectivity index (χ4n) is 2.16. The van der Waals surface area contributed by atoms with E-state index in [2.05, 4.69) is 17.5 Å². The van der Waals surface area contributed by atoms with Crippen LogP contribution in [0, 0.1) is 16.0 Å². The maximum Gasteiger partial charge on any atom is 0.271 e. The number of benzene rings is 1. The van der Waals surface area contributed by atoms with E-state index in [4.69, 9.17) is 0 Å². The van der Waals surface area contributed by atoms with Gasteiger partial charge in [-0.15, -0.1) is 0 Å². The van der Waals surface area contributed by atoms with Crippen molar-refractivity contribution in [2.75, 3.05) is 0 Å². The van der Waals surface area contributed by atoms with Crippen LogP contribution < -0.4 is 5.43 Å². The summed E-state index contributed by atoms with van der Waals surface area (Å²) in [5.74, 6) is 0.293. The lowest BCUT2D eigenvalue weighted by Gasteiger charge is -2.18. The standard InChI is InChI=1S/C14H17N3O3/c1-10-5-7-12(8-6-10)15-16-14(18)11-3-2-4-13(9-11)17(19)20/h2-4,9-10H,5-8H2,1H3,(H,16,18). The minimum atomic E-state index is -0.523. The number of nitrogens with zero attached hydrogens (tertiary/aromatic N) is 2. The third-order valence-corrected chi connectivity index (χ3v) is 3.49. The molecule has 1 aromatic rings. The molecule has 0 aromatic heterocycles. The fourth-order valence-corrected chi connectivity index (χ4v) is 2.16. The molecule has 1 saturated carbocycles. The topological polar surface area (TPSA) is 84.6 Å². The molecule has 106 valence electrons. The number of hydrogen-bond donors (Lipinski definition) is 1. The first kappa shape index (κ1) is 14.2. The predicted molar refractivity (Wildman–Crippen MR) is 75.6 cm³/mol. The van der Waals surface area contributed by atoms with Crippen LogP contribution in [0.1, 0.15) is 43.0 Å². The number of rotatable bonds is 3. The second-order valence-corrected chi connectivity index (χ2v) is 5.11. The zero-order valence-corrected chi connectivity index (χ0v) is 11.3. The lowest BCUT2D eigenvalue weighted by atomic mass is 9.90. The molecule has 0 radical (unpaired) electrons. The second-order valence-electron chi connectivity index (χ2n) is 5.11. The number of amides is 1. The minimum absolute atomic E-state index is 0.100. The number of hydrazone groups is 1. The highest BCUT2D eigenvalue weighted by molar-refractivity contribution is 5.96. The number of hydrogen-bond acceptors (Lipinski definition) is 4. The number of non-ortho nitro benzene ring substituents is 1. The van der Waals surface area contributed by atoms with Crippen molar-refractivity contribution < 1.29 is 9.72 Å². The van der Waals surface area contributed by atoms with E-state index in [1.165, 1.54) is 24.3 Å². The number of carbonyl (C=O) groups is 1. The molecule has 20 heavy (non-hydrogen) atoms. The summed E-state index contributed by atoms with van der Waals surface area (Å²) in [4.78, 5) is 22.0. The summed E-state index contributed by atoms with van der Waals surface area (Å²) in [6.07, 6.45) is 3.98. The van der Waals surface area contributed by atoms with Crippen LogP contribution >= 0.6 is 0 Å². The normalized spacial score (nSPS) is 18.4. The lowest BCUT2D eigenvalue weighted by molar-refractivity contribution is -0.384. The summed E-state index contributed by atoms with van der Waals surface area (Å²) < 4.78 is 0. The Hall–Kier alpha value is -2.24. The van der Waals surface area contributed by atoms with Crippen LogP contribution in [-0.2, 0) is 0 Å². The molecule has 1 N–H and O–H groups in total. The molecular weight excluding hydrogens is 258 g/mol. The van der Waals surface area contributed by atoms with Crippen LogP contribution in [-0.4, -0.2) is 16.5 Å². The van der Waals surface area contributed by atoms with E-state index < -0.39 is 10.8 Å². The summed E-state index contributed by atoms with van der Waals surface area (Å²) in [5, 5.41) is 14.8. The monoisotopic (exact) mass is 275 g/mol. The van der Waals surface area contributed by atoms with Gasteiger partial charge in [-0.25, -0.2) is 5.43 Å². The fraction of sp³-hybridized carbons (Fsp3) is 0.429. The Morgan fingerprint density at radius 3 is 2.75 bits per heavy atom. The van der Waals surface area contributed by atoms with Gasteiger partial charge in [0.2, 0.25) is 0 Å². The van der Waals surface area contributed by atoms with Crippen molar-refractivity contribution in [3.05, 3.63) is 39.9 Å². The van der Waals surface area contributed by atoms with E-state index in [1.807, 2.05) is 0 Å². The maximum atomic E-state index is 11.9. The average Bonchev–Trinajstić information content (AvgIpc) is 2.46. The van der Waals surface area contributed by atoms with Crippen LogP contribution in [0.5, 0.6) is 0 Å². The van der Waals surface area contributed by atoms with Crippen LogP contribution in [0.15, 0.2) is 29.4 Å². The largest absolute Gasteiger partial charge is 0.271 e. The molecule has 1 aliphatic carbocycles. The quantitative estimate of drug-likeness (QED) is 0.680. The summed E-state index contributed by atoms with van der Waals surface area (Å²) >= 11 is 0. The van der Waals surface area contributed by atoms with Gasteiger partial charge in [-0.3, -0.25) is 14.9 Å². The summed E-state index contributed by atoms with van der Waals surface area (Å²) in [5.41, 5.74) is 3.61. The zero-order chi connectivity index (χ0) is 14.5. The average molecular weight is 275 g/mol. The molecule has 1 amide bonds. The highest BCUT2D eigenvalue weighted by Crippen LogP contribution is 2.21. The van der Waals surface area contributed by atoms with Crippen molar-refractivity contribution in [1.82, 2.24) is 5.43 Å². The van der Waals surface area contributed by atoms with Crippen molar-refractivity contribution in [2.24, 2.45) is 11.0 Å². The molecule has 0 heterocycles. The van der Waals surface area contributed by atoms with Gasteiger partial charge < -0.3 is 0 Å². The first-order chi connectivity index (χ1) is 9.56. The van der Waals surface area contributed by atoms with Crippen LogP contribution in [0.4, 0.5) is 5.69 Å². The maximum absolute atomic E-state index is 11.9. The second kappa shape index (κ2) is 6.27. The molecule has 1 fully saturated rings.